The molecular weight excluding hydrogens is 246 g/mol. The lowest BCUT2D eigenvalue weighted by Gasteiger charge is -2.09. The number of thiazole rings is 1. The topological polar surface area (TPSA) is 47.0 Å². The van der Waals surface area contributed by atoms with Gasteiger partial charge in [-0.1, -0.05) is 6.07 Å². The van der Waals surface area contributed by atoms with Crippen LogP contribution in [0, 0.1) is 6.92 Å². The lowest BCUT2D eigenvalue weighted by Crippen LogP contribution is -2.10. The fraction of sp³-hybridized carbons (Fsp3) is 0.385. The minimum Gasteiger partial charge on any atom is -0.477 e. The molecule has 2 aromatic heterocycles. The van der Waals surface area contributed by atoms with E-state index in [1.165, 1.54) is 4.88 Å². The Morgan fingerprint density at radius 3 is 3.00 bits per heavy atom. The van der Waals surface area contributed by atoms with E-state index in [1.807, 2.05) is 31.6 Å². The first-order chi connectivity index (χ1) is 8.81. The van der Waals surface area contributed by atoms with Gasteiger partial charge in [0.05, 0.1) is 17.8 Å². The van der Waals surface area contributed by atoms with Crippen LogP contribution >= 0.6 is 11.3 Å². The predicted octanol–water partition coefficient (Wildman–Crippen LogP) is 2.19. The van der Waals surface area contributed by atoms with Crippen molar-refractivity contribution in [3.63, 3.8) is 0 Å². The second kappa shape index (κ2) is 6.47. The Morgan fingerprint density at radius 1 is 1.39 bits per heavy atom. The number of ether oxygens (including phenoxy) is 1. The Hall–Kier alpha value is -1.46. The van der Waals surface area contributed by atoms with Crippen molar-refractivity contribution in [1.29, 1.82) is 0 Å². The molecule has 0 aliphatic carbocycles. The van der Waals surface area contributed by atoms with E-state index in [2.05, 4.69) is 15.3 Å². The van der Waals surface area contributed by atoms with Crippen LogP contribution in [0.4, 0.5) is 0 Å². The summed E-state index contributed by atoms with van der Waals surface area (Å²) in [6, 6.07) is 3.95. The molecule has 96 valence electrons. The highest BCUT2D eigenvalue weighted by Crippen LogP contribution is 2.16. The third-order valence-corrected chi connectivity index (χ3v) is 3.62. The number of nitrogens with one attached hydrogen (secondary N) is 1. The summed E-state index contributed by atoms with van der Waals surface area (Å²) in [6.45, 7) is 3.43. The lowest BCUT2D eigenvalue weighted by atomic mass is 10.2. The van der Waals surface area contributed by atoms with Crippen molar-refractivity contribution in [3.8, 4) is 5.88 Å². The maximum absolute atomic E-state index is 5.75. The molecule has 2 rings (SSSR count). The van der Waals surface area contributed by atoms with Crippen LogP contribution in [0.1, 0.15) is 16.1 Å². The Morgan fingerprint density at radius 2 is 2.28 bits per heavy atom. The second-order valence-corrected chi connectivity index (χ2v) is 4.90. The van der Waals surface area contributed by atoms with Crippen molar-refractivity contribution in [2.45, 2.75) is 19.9 Å². The highest BCUT2D eigenvalue weighted by molar-refractivity contribution is 7.09. The standard InChI is InChI=1S/C13H17N3OS/c1-10-12(18-9-16-10)5-7-17-13-11(8-14-2)4-3-6-15-13/h3-4,6,9,14H,5,7-8H2,1-2H3. The summed E-state index contributed by atoms with van der Waals surface area (Å²) in [6.07, 6.45) is 2.64. The van der Waals surface area contributed by atoms with Gasteiger partial charge in [0, 0.05) is 29.6 Å². The molecule has 0 unspecified atom stereocenters. The van der Waals surface area contributed by atoms with Gasteiger partial charge in [0.25, 0.3) is 0 Å². The van der Waals surface area contributed by atoms with E-state index in [-0.39, 0.29) is 0 Å². The predicted molar refractivity (Wildman–Crippen MR) is 73.1 cm³/mol. The monoisotopic (exact) mass is 263 g/mol. The maximum Gasteiger partial charge on any atom is 0.217 e. The van der Waals surface area contributed by atoms with Gasteiger partial charge in [-0.25, -0.2) is 9.97 Å². The Labute approximate surface area is 111 Å². The summed E-state index contributed by atoms with van der Waals surface area (Å²) in [7, 11) is 1.91. The van der Waals surface area contributed by atoms with Crippen LogP contribution in [0.25, 0.3) is 0 Å². The fourth-order valence-corrected chi connectivity index (χ4v) is 2.45. The van der Waals surface area contributed by atoms with Crippen molar-refractivity contribution in [3.05, 3.63) is 40.0 Å². The van der Waals surface area contributed by atoms with Gasteiger partial charge in [0.2, 0.25) is 5.88 Å². The molecule has 0 amide bonds. The maximum atomic E-state index is 5.75. The third kappa shape index (κ3) is 3.27. The van der Waals surface area contributed by atoms with Crippen molar-refractivity contribution in [2.24, 2.45) is 0 Å². The van der Waals surface area contributed by atoms with Gasteiger partial charge in [-0.3, -0.25) is 0 Å². The number of pyridine rings is 1. The molecular formula is C13H17N3OS. The zero-order valence-corrected chi connectivity index (χ0v) is 11.5. The Kier molecular flexibility index (Phi) is 4.66. The quantitative estimate of drug-likeness (QED) is 0.868. The minimum atomic E-state index is 0.636. The molecule has 0 fully saturated rings. The molecule has 1 N–H and O–H groups in total. The fourth-order valence-electron chi connectivity index (χ4n) is 1.69. The number of aryl methyl sites for hydroxylation is 1. The first-order valence-electron chi connectivity index (χ1n) is 5.91. The van der Waals surface area contributed by atoms with Crippen LogP contribution in [0.2, 0.25) is 0 Å². The third-order valence-electron chi connectivity index (χ3n) is 2.63. The molecule has 0 spiro atoms. The molecule has 0 radical (unpaired) electrons. The van der Waals surface area contributed by atoms with Crippen LogP contribution in [-0.2, 0) is 13.0 Å². The SMILES string of the molecule is CNCc1cccnc1OCCc1scnc1C. The molecule has 0 saturated heterocycles. The molecule has 0 aliphatic rings. The number of hydrogen-bond donors (Lipinski definition) is 1. The highest BCUT2D eigenvalue weighted by Gasteiger charge is 2.05. The van der Waals surface area contributed by atoms with Crippen LogP contribution in [0.3, 0.4) is 0 Å². The average Bonchev–Trinajstić information content (AvgIpc) is 2.78. The normalized spacial score (nSPS) is 10.6. The Balaban J connectivity index is 1.92. The van der Waals surface area contributed by atoms with Crippen molar-refractivity contribution < 1.29 is 4.74 Å². The minimum absolute atomic E-state index is 0.636. The first-order valence-corrected chi connectivity index (χ1v) is 6.79. The van der Waals surface area contributed by atoms with Gasteiger partial charge in [-0.2, -0.15) is 0 Å². The smallest absolute Gasteiger partial charge is 0.217 e. The van der Waals surface area contributed by atoms with Gasteiger partial charge in [-0.05, 0) is 20.0 Å². The molecule has 0 saturated carbocycles. The van der Waals surface area contributed by atoms with E-state index in [0.717, 1.165) is 24.2 Å². The van der Waals surface area contributed by atoms with Crippen molar-refractivity contribution in [2.75, 3.05) is 13.7 Å². The molecule has 0 atom stereocenters. The average molecular weight is 263 g/mol. The van der Waals surface area contributed by atoms with Crippen LogP contribution < -0.4 is 10.1 Å². The van der Waals surface area contributed by atoms with Gasteiger partial charge in [-0.15, -0.1) is 11.3 Å². The van der Waals surface area contributed by atoms with Crippen molar-refractivity contribution >= 4 is 11.3 Å². The molecule has 4 nitrogen and oxygen atoms in total. The molecule has 0 aliphatic heterocycles. The Bertz CT molecular complexity index is 498. The highest BCUT2D eigenvalue weighted by atomic mass is 32.1. The van der Waals surface area contributed by atoms with Gasteiger partial charge in [0.15, 0.2) is 0 Å². The molecule has 0 aromatic carbocycles. The van der Waals surface area contributed by atoms with Gasteiger partial charge >= 0.3 is 0 Å². The van der Waals surface area contributed by atoms with Crippen molar-refractivity contribution in [1.82, 2.24) is 15.3 Å². The van der Waals surface area contributed by atoms with E-state index in [4.69, 9.17) is 4.74 Å². The van der Waals surface area contributed by atoms with Gasteiger partial charge in [0.1, 0.15) is 0 Å². The van der Waals surface area contributed by atoms with E-state index < -0.39 is 0 Å². The largest absolute Gasteiger partial charge is 0.477 e. The zero-order chi connectivity index (χ0) is 12.8. The van der Waals surface area contributed by atoms with Crippen LogP contribution in [-0.4, -0.2) is 23.6 Å². The zero-order valence-electron chi connectivity index (χ0n) is 10.6. The summed E-state index contributed by atoms with van der Waals surface area (Å²) >= 11 is 1.68. The second-order valence-electron chi connectivity index (χ2n) is 3.96. The molecule has 0 bridgehead atoms. The summed E-state index contributed by atoms with van der Waals surface area (Å²) in [5.74, 6) is 0.717. The molecule has 2 heterocycles. The first kappa shape index (κ1) is 13.0. The van der Waals surface area contributed by atoms with Crippen LogP contribution in [0.15, 0.2) is 23.8 Å². The number of aromatic nitrogens is 2. The summed E-state index contributed by atoms with van der Waals surface area (Å²) in [5.41, 5.74) is 4.05. The summed E-state index contributed by atoms with van der Waals surface area (Å²) in [5, 5.41) is 3.11. The van der Waals surface area contributed by atoms with E-state index in [9.17, 15) is 0 Å². The van der Waals surface area contributed by atoms with Gasteiger partial charge < -0.3 is 10.1 Å². The number of hydrogen-bond acceptors (Lipinski definition) is 5. The van der Waals surface area contributed by atoms with E-state index in [0.29, 0.717) is 12.5 Å². The summed E-state index contributed by atoms with van der Waals surface area (Å²) in [4.78, 5) is 9.77. The lowest BCUT2D eigenvalue weighted by molar-refractivity contribution is 0.306. The van der Waals surface area contributed by atoms with E-state index >= 15 is 0 Å². The number of nitrogens with zero attached hydrogens (tertiary/aromatic N) is 2. The van der Waals surface area contributed by atoms with E-state index in [1.54, 1.807) is 17.5 Å². The van der Waals surface area contributed by atoms with Crippen LogP contribution in [0.5, 0.6) is 5.88 Å². The number of rotatable bonds is 6. The molecule has 2 aromatic rings. The molecule has 18 heavy (non-hydrogen) atoms. The summed E-state index contributed by atoms with van der Waals surface area (Å²) < 4.78 is 5.75. The molecule has 5 heteroatoms.